The fourth-order valence-corrected chi connectivity index (χ4v) is 2.03. The largest absolute Gasteiger partial charge is 0.465 e. The number of nitrogens with zero attached hydrogens (tertiary/aromatic N) is 1. The third-order valence-electron chi connectivity index (χ3n) is 2.89. The summed E-state index contributed by atoms with van der Waals surface area (Å²) in [4.78, 5) is 14.1. The highest BCUT2D eigenvalue weighted by Gasteiger charge is 2.33. The lowest BCUT2D eigenvalue weighted by atomic mass is 10.0. The number of pyridine rings is 1. The van der Waals surface area contributed by atoms with Crippen LogP contribution in [0, 0.1) is 5.82 Å². The molecule has 9 heteroatoms. The molecule has 122 valence electrons. The first kappa shape index (κ1) is 17.0. The van der Waals surface area contributed by atoms with Crippen LogP contribution in [0.4, 0.5) is 22.4 Å². The minimum absolute atomic E-state index is 0.129. The standard InChI is InChI=1S/C14H9ClF4N2O2/c15-9-5-7(1-3-10(9)16)12-8(6-20-13(22)23)2-4-11(21-12)14(17,18)19/h1-5,20H,6H2,(H,22,23). The maximum absolute atomic E-state index is 13.2. The topological polar surface area (TPSA) is 62.2 Å². The van der Waals surface area contributed by atoms with Crippen molar-refractivity contribution in [1.29, 1.82) is 0 Å². The van der Waals surface area contributed by atoms with Crippen LogP contribution in [-0.4, -0.2) is 16.2 Å². The first-order valence-electron chi connectivity index (χ1n) is 6.18. The van der Waals surface area contributed by atoms with E-state index in [1.807, 2.05) is 5.32 Å². The van der Waals surface area contributed by atoms with Gasteiger partial charge < -0.3 is 10.4 Å². The normalized spacial score (nSPS) is 11.3. The number of aromatic nitrogens is 1. The van der Waals surface area contributed by atoms with Crippen LogP contribution in [0.2, 0.25) is 5.02 Å². The quantitative estimate of drug-likeness (QED) is 0.812. The van der Waals surface area contributed by atoms with E-state index in [1.54, 1.807) is 0 Å². The van der Waals surface area contributed by atoms with Gasteiger partial charge in [0.2, 0.25) is 0 Å². The Morgan fingerprint density at radius 1 is 1.26 bits per heavy atom. The maximum atomic E-state index is 13.2. The van der Waals surface area contributed by atoms with E-state index >= 15 is 0 Å². The summed E-state index contributed by atoms with van der Waals surface area (Å²) in [5, 5.41) is 10.4. The Balaban J connectivity index is 2.55. The molecule has 0 aliphatic carbocycles. The first-order chi connectivity index (χ1) is 10.7. The summed E-state index contributed by atoms with van der Waals surface area (Å²) >= 11 is 5.64. The number of hydrogen-bond donors (Lipinski definition) is 2. The zero-order valence-corrected chi connectivity index (χ0v) is 12.0. The van der Waals surface area contributed by atoms with E-state index < -0.39 is 23.8 Å². The van der Waals surface area contributed by atoms with E-state index in [-0.39, 0.29) is 28.4 Å². The number of hydrogen-bond acceptors (Lipinski definition) is 2. The van der Waals surface area contributed by atoms with Gasteiger partial charge in [-0.2, -0.15) is 13.2 Å². The Morgan fingerprint density at radius 2 is 1.96 bits per heavy atom. The molecule has 4 nitrogen and oxygen atoms in total. The van der Waals surface area contributed by atoms with Gasteiger partial charge in [-0.1, -0.05) is 17.7 Å². The minimum atomic E-state index is -4.67. The van der Waals surface area contributed by atoms with Crippen molar-refractivity contribution in [3.05, 3.63) is 52.4 Å². The SMILES string of the molecule is O=C(O)NCc1ccc(C(F)(F)F)nc1-c1ccc(F)c(Cl)c1. The molecule has 0 saturated heterocycles. The molecule has 1 aromatic carbocycles. The number of rotatable bonds is 3. The van der Waals surface area contributed by atoms with E-state index in [4.69, 9.17) is 16.7 Å². The van der Waals surface area contributed by atoms with Crippen molar-refractivity contribution in [3.63, 3.8) is 0 Å². The molecular formula is C14H9ClF4N2O2. The molecule has 2 N–H and O–H groups in total. The Morgan fingerprint density at radius 3 is 2.52 bits per heavy atom. The van der Waals surface area contributed by atoms with Crippen LogP contribution in [0.1, 0.15) is 11.3 Å². The minimum Gasteiger partial charge on any atom is -0.465 e. The lowest BCUT2D eigenvalue weighted by Crippen LogP contribution is -2.21. The number of carbonyl (C=O) groups is 1. The van der Waals surface area contributed by atoms with Crippen LogP contribution in [-0.2, 0) is 12.7 Å². The second-order valence-electron chi connectivity index (χ2n) is 4.49. The fourth-order valence-electron chi connectivity index (χ4n) is 1.85. The zero-order chi connectivity index (χ0) is 17.2. The van der Waals surface area contributed by atoms with Crippen LogP contribution >= 0.6 is 11.6 Å². The van der Waals surface area contributed by atoms with Gasteiger partial charge in [-0.05, 0) is 29.8 Å². The van der Waals surface area contributed by atoms with E-state index in [0.29, 0.717) is 0 Å². The molecule has 0 radical (unpaired) electrons. The predicted molar refractivity (Wildman–Crippen MR) is 74.5 cm³/mol. The van der Waals surface area contributed by atoms with Gasteiger partial charge >= 0.3 is 12.3 Å². The molecule has 0 bridgehead atoms. The number of carboxylic acid groups (broad SMARTS) is 1. The van der Waals surface area contributed by atoms with E-state index in [0.717, 1.165) is 24.3 Å². The molecular weight excluding hydrogens is 340 g/mol. The summed E-state index contributed by atoms with van der Waals surface area (Å²) in [5.74, 6) is -0.729. The van der Waals surface area contributed by atoms with Crippen molar-refractivity contribution in [2.75, 3.05) is 0 Å². The molecule has 23 heavy (non-hydrogen) atoms. The zero-order valence-electron chi connectivity index (χ0n) is 11.3. The monoisotopic (exact) mass is 348 g/mol. The summed E-state index contributed by atoms with van der Waals surface area (Å²) in [6, 6.07) is 5.19. The smallest absolute Gasteiger partial charge is 0.433 e. The highest BCUT2D eigenvalue weighted by Crippen LogP contribution is 2.32. The molecule has 0 fully saturated rings. The van der Waals surface area contributed by atoms with Gasteiger partial charge in [-0.3, -0.25) is 0 Å². The summed E-state index contributed by atoms with van der Waals surface area (Å²) in [6.45, 7) is -0.259. The molecule has 0 unspecified atom stereocenters. The molecule has 0 atom stereocenters. The van der Waals surface area contributed by atoms with Gasteiger partial charge in [0.05, 0.1) is 10.7 Å². The highest BCUT2D eigenvalue weighted by atomic mass is 35.5. The molecule has 1 heterocycles. The van der Waals surface area contributed by atoms with E-state index in [2.05, 4.69) is 4.98 Å². The lowest BCUT2D eigenvalue weighted by molar-refractivity contribution is -0.141. The Kier molecular flexibility index (Phi) is 4.74. The van der Waals surface area contributed by atoms with Crippen molar-refractivity contribution in [1.82, 2.24) is 10.3 Å². The molecule has 1 aromatic heterocycles. The number of amides is 1. The molecule has 2 aromatic rings. The number of halogens is 5. The predicted octanol–water partition coefficient (Wildman–Crippen LogP) is 4.33. The van der Waals surface area contributed by atoms with Crippen molar-refractivity contribution < 1.29 is 27.5 Å². The van der Waals surface area contributed by atoms with E-state index in [1.165, 1.54) is 6.07 Å². The van der Waals surface area contributed by atoms with Gasteiger partial charge in [-0.15, -0.1) is 0 Å². The Hall–Kier alpha value is -2.35. The summed E-state index contributed by atoms with van der Waals surface area (Å²) < 4.78 is 51.7. The number of benzene rings is 1. The third kappa shape index (κ3) is 4.10. The van der Waals surface area contributed by atoms with Crippen LogP contribution in [0.15, 0.2) is 30.3 Å². The first-order valence-corrected chi connectivity index (χ1v) is 6.55. The van der Waals surface area contributed by atoms with Gasteiger partial charge in [0.15, 0.2) is 0 Å². The Labute approximate surface area is 132 Å². The maximum Gasteiger partial charge on any atom is 0.433 e. The van der Waals surface area contributed by atoms with Crippen LogP contribution in [0.3, 0.4) is 0 Å². The molecule has 1 amide bonds. The molecule has 0 saturated carbocycles. The molecule has 2 rings (SSSR count). The van der Waals surface area contributed by atoms with Crippen LogP contribution in [0.5, 0.6) is 0 Å². The van der Waals surface area contributed by atoms with Crippen molar-refractivity contribution >= 4 is 17.7 Å². The van der Waals surface area contributed by atoms with Gasteiger partial charge in [0, 0.05) is 12.1 Å². The second-order valence-corrected chi connectivity index (χ2v) is 4.90. The van der Waals surface area contributed by atoms with Gasteiger partial charge in [0.1, 0.15) is 11.5 Å². The summed E-state index contributed by atoms with van der Waals surface area (Å²) in [6.07, 6.45) is -6.01. The molecule has 0 aliphatic rings. The van der Waals surface area contributed by atoms with Crippen LogP contribution < -0.4 is 5.32 Å². The second kappa shape index (κ2) is 6.41. The fraction of sp³-hybridized carbons (Fsp3) is 0.143. The van der Waals surface area contributed by atoms with Crippen molar-refractivity contribution in [3.8, 4) is 11.3 Å². The van der Waals surface area contributed by atoms with Gasteiger partial charge in [-0.25, -0.2) is 14.2 Å². The molecule has 0 aliphatic heterocycles. The van der Waals surface area contributed by atoms with Crippen molar-refractivity contribution in [2.45, 2.75) is 12.7 Å². The average Bonchev–Trinajstić information content (AvgIpc) is 2.47. The summed E-state index contributed by atoms with van der Waals surface area (Å²) in [5.41, 5.74) is -0.935. The molecule has 0 spiro atoms. The van der Waals surface area contributed by atoms with E-state index in [9.17, 15) is 22.4 Å². The van der Waals surface area contributed by atoms with Gasteiger partial charge in [0.25, 0.3) is 0 Å². The summed E-state index contributed by atoms with van der Waals surface area (Å²) in [7, 11) is 0. The highest BCUT2D eigenvalue weighted by molar-refractivity contribution is 6.31. The van der Waals surface area contributed by atoms with Crippen LogP contribution in [0.25, 0.3) is 11.3 Å². The number of alkyl halides is 3. The third-order valence-corrected chi connectivity index (χ3v) is 3.18. The van der Waals surface area contributed by atoms with Crippen molar-refractivity contribution in [2.24, 2.45) is 0 Å². The number of nitrogens with one attached hydrogen (secondary N) is 1. The average molecular weight is 349 g/mol. The Bertz CT molecular complexity index is 750. The lowest BCUT2D eigenvalue weighted by Gasteiger charge is -2.13.